The van der Waals surface area contributed by atoms with Crippen molar-refractivity contribution in [3.63, 3.8) is 0 Å². The minimum Gasteiger partial charge on any atom is -0.379 e. The summed E-state index contributed by atoms with van der Waals surface area (Å²) >= 11 is 0. The standard InChI is InChI=1S/C37H38N5O4P/c1-5-41-32-12-8-6-10-29(32)30-24-28(18-19-33(30)41)47(40-20-22-46-23-21-40,38-36(43)26-14-16-27(17-15-26)42(44)45)25-35-37(2,3)31-11-7-9-13-34(31)39(35)4/h6-19,24-25H,5,20-23H2,1-4H3/b35-25-. The first-order valence-electron chi connectivity index (χ1n) is 16.0. The number of amides is 1. The number of hydrogen-bond acceptors (Lipinski definition) is 5. The van der Waals surface area contributed by atoms with Gasteiger partial charge in [-0.05, 0) is 60.8 Å². The Morgan fingerprint density at radius 2 is 1.64 bits per heavy atom. The molecule has 1 aromatic heterocycles. The van der Waals surface area contributed by atoms with Crippen LogP contribution in [0.2, 0.25) is 0 Å². The van der Waals surface area contributed by atoms with Crippen LogP contribution in [0.4, 0.5) is 11.4 Å². The number of non-ortho nitro benzene ring substituents is 1. The molecule has 1 amide bonds. The highest BCUT2D eigenvalue weighted by atomic mass is 31.2. The normalized spacial score (nSPS) is 18.4. The van der Waals surface area contributed by atoms with Gasteiger partial charge in [-0.25, -0.2) is 4.74 Å². The number of morpholine rings is 1. The van der Waals surface area contributed by atoms with Gasteiger partial charge in [-0.2, -0.15) is 0 Å². The third-order valence-electron chi connectivity index (χ3n) is 9.68. The SMILES string of the molecule is CCn1c2ccccc2c2cc(P(/C=C3\N(C)c4ccccc4C3(C)C)(=NC(=O)c3ccc([N+](=O)[O-])cc3)N3CCOCC3)ccc21. The lowest BCUT2D eigenvalue weighted by molar-refractivity contribution is -0.384. The molecule has 3 heterocycles. The molecular weight excluding hydrogens is 609 g/mol. The number of nitro groups is 1. The number of ether oxygens (including phenoxy) is 1. The average molecular weight is 648 g/mol. The van der Waals surface area contributed by atoms with Crippen LogP contribution in [0.5, 0.6) is 0 Å². The molecule has 2 aliphatic heterocycles. The number of carbonyl (C=O) groups is 1. The zero-order valence-electron chi connectivity index (χ0n) is 27.1. The second-order valence-electron chi connectivity index (χ2n) is 12.6. The maximum atomic E-state index is 14.3. The number of allylic oxidation sites excluding steroid dienone is 1. The minimum absolute atomic E-state index is 0.0669. The van der Waals surface area contributed by atoms with Crippen molar-refractivity contribution in [3.05, 3.63) is 124 Å². The van der Waals surface area contributed by atoms with Gasteiger partial charge in [0.2, 0.25) is 0 Å². The summed E-state index contributed by atoms with van der Waals surface area (Å²) in [6.45, 7) is 9.73. The van der Waals surface area contributed by atoms with Crippen LogP contribution < -0.4 is 10.2 Å². The van der Waals surface area contributed by atoms with Crippen LogP contribution in [0.1, 0.15) is 36.7 Å². The fraction of sp³-hybridized carbons (Fsp3) is 0.270. The van der Waals surface area contributed by atoms with Gasteiger partial charge >= 0.3 is 0 Å². The molecule has 2 aliphatic rings. The Balaban J connectivity index is 1.54. The van der Waals surface area contributed by atoms with Gasteiger partial charge in [0, 0.05) is 88.3 Å². The van der Waals surface area contributed by atoms with E-state index in [4.69, 9.17) is 9.48 Å². The zero-order valence-corrected chi connectivity index (χ0v) is 28.0. The van der Waals surface area contributed by atoms with Gasteiger partial charge in [0.1, 0.15) is 0 Å². The molecule has 1 fully saturated rings. The van der Waals surface area contributed by atoms with Crippen molar-refractivity contribution in [1.29, 1.82) is 0 Å². The first kappa shape index (κ1) is 31.1. The fourth-order valence-electron chi connectivity index (χ4n) is 7.24. The van der Waals surface area contributed by atoms with Crippen molar-refractivity contribution in [3.8, 4) is 0 Å². The molecule has 1 atom stereocenters. The summed E-state index contributed by atoms with van der Waals surface area (Å²) < 4.78 is 15.8. The number of hydrogen-bond donors (Lipinski definition) is 0. The van der Waals surface area contributed by atoms with Gasteiger partial charge in [0.25, 0.3) is 11.6 Å². The van der Waals surface area contributed by atoms with E-state index < -0.39 is 18.0 Å². The summed E-state index contributed by atoms with van der Waals surface area (Å²) in [7, 11) is -0.884. The van der Waals surface area contributed by atoms with E-state index in [0.717, 1.165) is 39.5 Å². The van der Waals surface area contributed by atoms with Gasteiger partial charge < -0.3 is 14.2 Å². The Morgan fingerprint density at radius 3 is 2.34 bits per heavy atom. The summed E-state index contributed by atoms with van der Waals surface area (Å²) in [5.41, 5.74) is 5.63. The summed E-state index contributed by atoms with van der Waals surface area (Å²) in [6.07, 6.45) is 0. The van der Waals surface area contributed by atoms with E-state index in [-0.39, 0.29) is 11.1 Å². The van der Waals surface area contributed by atoms with Crippen LogP contribution in [0, 0.1) is 10.1 Å². The molecule has 0 aliphatic carbocycles. The number of likely N-dealkylation sites (N-methyl/N-ethyl adjacent to an activating group) is 1. The highest BCUT2D eigenvalue weighted by Gasteiger charge is 2.42. The maximum Gasteiger partial charge on any atom is 0.277 e. The third-order valence-corrected chi connectivity index (χ3v) is 13.1. The number of fused-ring (bicyclic) bond motifs is 4. The first-order valence-corrected chi connectivity index (χ1v) is 17.7. The highest BCUT2D eigenvalue weighted by molar-refractivity contribution is 7.75. The van der Waals surface area contributed by atoms with E-state index in [0.29, 0.717) is 31.9 Å². The van der Waals surface area contributed by atoms with Crippen molar-refractivity contribution in [2.75, 3.05) is 38.3 Å². The van der Waals surface area contributed by atoms with Gasteiger partial charge in [0.05, 0.1) is 25.3 Å². The molecule has 0 spiro atoms. The molecular formula is C37H38N5O4P. The highest BCUT2D eigenvalue weighted by Crippen LogP contribution is 2.59. The van der Waals surface area contributed by atoms with E-state index >= 15 is 0 Å². The average Bonchev–Trinajstić information content (AvgIpc) is 3.52. The molecule has 47 heavy (non-hydrogen) atoms. The van der Waals surface area contributed by atoms with E-state index in [1.807, 2.05) is 0 Å². The largest absolute Gasteiger partial charge is 0.379 e. The van der Waals surface area contributed by atoms with Crippen LogP contribution in [-0.2, 0) is 16.7 Å². The van der Waals surface area contributed by atoms with E-state index in [1.54, 1.807) is 0 Å². The number of nitro benzene ring substituents is 1. The Kier molecular flexibility index (Phi) is 7.87. The topological polar surface area (TPSA) is 93.2 Å². The van der Waals surface area contributed by atoms with Gasteiger partial charge in [-0.15, -0.1) is 0 Å². The molecule has 240 valence electrons. The Labute approximate surface area is 274 Å². The number of para-hydroxylation sites is 2. The van der Waals surface area contributed by atoms with Crippen LogP contribution in [-0.4, -0.2) is 53.4 Å². The number of rotatable bonds is 6. The summed E-state index contributed by atoms with van der Waals surface area (Å²) in [4.78, 5) is 27.5. The molecule has 10 heteroatoms. The summed E-state index contributed by atoms with van der Waals surface area (Å²) in [6, 6.07) is 29.2. The second-order valence-corrected chi connectivity index (χ2v) is 15.4. The smallest absolute Gasteiger partial charge is 0.277 e. The number of aryl methyl sites for hydroxylation is 1. The number of nitrogens with zero attached hydrogens (tertiary/aromatic N) is 5. The molecule has 1 unspecified atom stereocenters. The second kappa shape index (κ2) is 11.9. The molecule has 0 saturated carbocycles. The fourth-order valence-corrected chi connectivity index (χ4v) is 10.8. The number of carbonyl (C=O) groups excluding carboxylic acids is 1. The molecule has 4 aromatic carbocycles. The Morgan fingerprint density at radius 1 is 0.957 bits per heavy atom. The van der Waals surface area contributed by atoms with Crippen molar-refractivity contribution in [2.24, 2.45) is 4.74 Å². The predicted octanol–water partition coefficient (Wildman–Crippen LogP) is 7.91. The zero-order chi connectivity index (χ0) is 32.9. The monoisotopic (exact) mass is 647 g/mol. The van der Waals surface area contributed by atoms with Crippen LogP contribution in [0.3, 0.4) is 0 Å². The lowest BCUT2D eigenvalue weighted by Gasteiger charge is -2.39. The molecule has 7 rings (SSSR count). The summed E-state index contributed by atoms with van der Waals surface area (Å²) in [5, 5.41) is 14.6. The lowest BCUT2D eigenvalue weighted by Crippen LogP contribution is -2.37. The van der Waals surface area contributed by atoms with Gasteiger partial charge in [-0.1, -0.05) is 50.2 Å². The molecule has 0 bridgehead atoms. The molecule has 9 nitrogen and oxygen atoms in total. The number of aromatic nitrogens is 1. The molecule has 0 radical (unpaired) electrons. The predicted molar refractivity (Wildman–Crippen MR) is 190 cm³/mol. The van der Waals surface area contributed by atoms with Crippen molar-refractivity contribution < 1.29 is 14.5 Å². The quantitative estimate of drug-likeness (QED) is 0.106. The molecule has 1 saturated heterocycles. The van der Waals surface area contributed by atoms with Crippen LogP contribution >= 0.6 is 7.21 Å². The maximum absolute atomic E-state index is 14.3. The minimum atomic E-state index is -2.97. The van der Waals surface area contributed by atoms with E-state index in [9.17, 15) is 14.9 Å². The summed E-state index contributed by atoms with van der Waals surface area (Å²) in [5.74, 6) is 1.88. The third kappa shape index (κ3) is 5.10. The first-order chi connectivity index (χ1) is 22.7. The Bertz CT molecular complexity index is 2130. The lowest BCUT2D eigenvalue weighted by atomic mass is 9.84. The van der Waals surface area contributed by atoms with E-state index in [2.05, 4.69) is 115 Å². The number of benzene rings is 4. The molecule has 5 aromatic rings. The van der Waals surface area contributed by atoms with Crippen molar-refractivity contribution in [2.45, 2.75) is 32.7 Å². The van der Waals surface area contributed by atoms with Crippen LogP contribution in [0.25, 0.3) is 21.8 Å². The van der Waals surface area contributed by atoms with Crippen molar-refractivity contribution in [1.82, 2.24) is 9.24 Å². The van der Waals surface area contributed by atoms with E-state index in [1.165, 1.54) is 35.3 Å². The molecule has 0 N–H and O–H groups in total. The van der Waals surface area contributed by atoms with Crippen LogP contribution in [0.15, 0.2) is 107 Å². The van der Waals surface area contributed by atoms with Gasteiger partial charge in [-0.3, -0.25) is 19.6 Å². The van der Waals surface area contributed by atoms with Gasteiger partial charge in [0.15, 0.2) is 0 Å². The van der Waals surface area contributed by atoms with Crippen molar-refractivity contribution >= 4 is 51.6 Å². The Hall–Kier alpha value is -4.56. The number of anilines is 1.